The summed E-state index contributed by atoms with van der Waals surface area (Å²) in [5, 5.41) is 21.6. The summed E-state index contributed by atoms with van der Waals surface area (Å²) in [6, 6.07) is 9.22. The van der Waals surface area contributed by atoms with Crippen LogP contribution in [0.1, 0.15) is 16.8 Å². The third-order valence-corrected chi connectivity index (χ3v) is 3.74. The summed E-state index contributed by atoms with van der Waals surface area (Å²) < 4.78 is 2.65. The third kappa shape index (κ3) is 3.91. The predicted molar refractivity (Wildman–Crippen MR) is 92.6 cm³/mol. The van der Waals surface area contributed by atoms with Crippen molar-refractivity contribution in [2.75, 3.05) is 5.32 Å². The maximum absolute atomic E-state index is 12.1. The minimum atomic E-state index is -0.581. The quantitative estimate of drug-likeness (QED) is 0.530. The number of hydrogen-bond acceptors (Lipinski definition) is 6. The van der Waals surface area contributed by atoms with Gasteiger partial charge in [-0.05, 0) is 29.9 Å². The van der Waals surface area contributed by atoms with Crippen molar-refractivity contribution in [1.82, 2.24) is 24.5 Å². The summed E-state index contributed by atoms with van der Waals surface area (Å²) in [5.74, 6) is -0.601. The smallest absolute Gasteiger partial charge is 0.345 e. The Labute approximate surface area is 148 Å². The van der Waals surface area contributed by atoms with E-state index in [4.69, 9.17) is 0 Å². The van der Waals surface area contributed by atoms with Gasteiger partial charge in [-0.25, -0.2) is 9.67 Å². The summed E-state index contributed by atoms with van der Waals surface area (Å²) in [4.78, 5) is 26.5. The molecule has 10 heteroatoms. The molecule has 0 radical (unpaired) electrons. The van der Waals surface area contributed by atoms with Crippen LogP contribution in [0.5, 0.6) is 0 Å². The molecule has 26 heavy (non-hydrogen) atoms. The number of anilines is 1. The van der Waals surface area contributed by atoms with Crippen molar-refractivity contribution in [3.8, 4) is 0 Å². The van der Waals surface area contributed by atoms with Gasteiger partial charge >= 0.3 is 5.82 Å². The lowest BCUT2D eigenvalue weighted by molar-refractivity contribution is -0.392. The molecule has 0 atom stereocenters. The maximum Gasteiger partial charge on any atom is 0.345 e. The molecule has 10 nitrogen and oxygen atoms in total. The molecule has 0 saturated carbocycles. The van der Waals surface area contributed by atoms with E-state index in [0.29, 0.717) is 12.2 Å². The first-order valence-corrected chi connectivity index (χ1v) is 7.85. The Kier molecular flexibility index (Phi) is 4.74. The van der Waals surface area contributed by atoms with Crippen molar-refractivity contribution in [3.05, 3.63) is 63.6 Å². The number of rotatable bonds is 6. The first-order valence-electron chi connectivity index (χ1n) is 7.85. The zero-order valence-electron chi connectivity index (χ0n) is 14.3. The van der Waals surface area contributed by atoms with Gasteiger partial charge < -0.3 is 10.1 Å². The fourth-order valence-corrected chi connectivity index (χ4v) is 2.49. The minimum Gasteiger partial charge on any atom is -0.358 e. The summed E-state index contributed by atoms with van der Waals surface area (Å²) in [6.45, 7) is 3.86. The van der Waals surface area contributed by atoms with E-state index in [9.17, 15) is 14.9 Å². The second-order valence-corrected chi connectivity index (χ2v) is 5.80. The molecular formula is C16H17N7O3. The maximum atomic E-state index is 12.1. The molecule has 3 rings (SSSR count). The fourth-order valence-electron chi connectivity index (χ4n) is 2.49. The van der Waals surface area contributed by atoms with Crippen LogP contribution in [0, 0.1) is 24.0 Å². The zero-order chi connectivity index (χ0) is 18.7. The zero-order valence-corrected chi connectivity index (χ0v) is 14.3. The number of aryl methyl sites for hydroxylation is 2. The molecule has 2 heterocycles. The number of aromatic nitrogens is 5. The molecule has 2 aromatic heterocycles. The van der Waals surface area contributed by atoms with Crippen LogP contribution < -0.4 is 5.32 Å². The molecule has 0 aliphatic heterocycles. The van der Waals surface area contributed by atoms with Crippen LogP contribution in [-0.2, 0) is 17.9 Å². The molecule has 1 amide bonds. The topological polar surface area (TPSA) is 121 Å². The number of carbonyl (C=O) groups excluding carboxylic acids is 1. The van der Waals surface area contributed by atoms with Gasteiger partial charge in [0, 0.05) is 0 Å². The normalized spacial score (nSPS) is 10.7. The highest BCUT2D eigenvalue weighted by Crippen LogP contribution is 2.13. The first kappa shape index (κ1) is 17.3. The van der Waals surface area contributed by atoms with Crippen molar-refractivity contribution < 1.29 is 9.72 Å². The van der Waals surface area contributed by atoms with Crippen LogP contribution in [0.2, 0.25) is 0 Å². The van der Waals surface area contributed by atoms with E-state index in [2.05, 4.69) is 20.5 Å². The second-order valence-electron chi connectivity index (χ2n) is 5.80. The Morgan fingerprint density at radius 2 is 2.04 bits per heavy atom. The van der Waals surface area contributed by atoms with Crippen LogP contribution in [0.15, 0.2) is 36.7 Å². The van der Waals surface area contributed by atoms with Gasteiger partial charge in [0.15, 0.2) is 6.54 Å². The van der Waals surface area contributed by atoms with E-state index in [1.54, 1.807) is 11.6 Å². The lowest BCUT2D eigenvalue weighted by Gasteiger charge is -2.04. The predicted octanol–water partition coefficient (Wildman–Crippen LogP) is 1.69. The Bertz CT molecular complexity index is 960. The molecule has 0 bridgehead atoms. The van der Waals surface area contributed by atoms with Crippen LogP contribution in [0.4, 0.5) is 11.8 Å². The van der Waals surface area contributed by atoms with Crippen molar-refractivity contribution in [1.29, 1.82) is 0 Å². The van der Waals surface area contributed by atoms with Gasteiger partial charge in [0.2, 0.25) is 5.95 Å². The standard InChI is InChI=1S/C16H17N7O3/c1-11-5-3-4-6-13(11)8-21-10-17-16(20-21)18-14(24)9-22-15(23(25)26)7-12(2)19-22/h3-7,10H,8-9H2,1-2H3,(H,18,20,24). The van der Waals surface area contributed by atoms with E-state index in [1.807, 2.05) is 31.2 Å². The number of nitro groups is 1. The number of carbonyl (C=O) groups is 1. The highest BCUT2D eigenvalue weighted by Gasteiger charge is 2.20. The van der Waals surface area contributed by atoms with E-state index in [0.717, 1.165) is 15.8 Å². The summed E-state index contributed by atoms with van der Waals surface area (Å²) in [7, 11) is 0. The molecule has 0 fully saturated rings. The molecule has 0 unspecified atom stereocenters. The number of nitrogens with one attached hydrogen (secondary N) is 1. The third-order valence-electron chi connectivity index (χ3n) is 3.74. The number of hydrogen-bond donors (Lipinski definition) is 1. The Morgan fingerprint density at radius 3 is 2.77 bits per heavy atom. The molecule has 0 aliphatic rings. The van der Waals surface area contributed by atoms with Gasteiger partial charge in [-0.3, -0.25) is 10.1 Å². The first-order chi connectivity index (χ1) is 12.4. The molecule has 0 spiro atoms. The van der Waals surface area contributed by atoms with Gasteiger partial charge in [0.1, 0.15) is 6.33 Å². The average molecular weight is 355 g/mol. The van der Waals surface area contributed by atoms with E-state index >= 15 is 0 Å². The van der Waals surface area contributed by atoms with Gasteiger partial charge in [0.05, 0.1) is 18.3 Å². The van der Waals surface area contributed by atoms with Crippen LogP contribution in [-0.4, -0.2) is 35.4 Å². The molecule has 134 valence electrons. The average Bonchev–Trinajstić information content (AvgIpc) is 3.16. The van der Waals surface area contributed by atoms with E-state index < -0.39 is 10.8 Å². The van der Waals surface area contributed by atoms with Crippen molar-refractivity contribution in [2.45, 2.75) is 26.9 Å². The molecular weight excluding hydrogens is 338 g/mol. The molecule has 0 aliphatic carbocycles. The lowest BCUT2D eigenvalue weighted by atomic mass is 10.1. The lowest BCUT2D eigenvalue weighted by Crippen LogP contribution is -2.21. The number of benzene rings is 1. The molecule has 0 saturated heterocycles. The molecule has 3 aromatic rings. The van der Waals surface area contributed by atoms with Crippen LogP contribution in [0.25, 0.3) is 0 Å². The van der Waals surface area contributed by atoms with Gasteiger partial charge in [-0.15, -0.1) is 9.78 Å². The van der Waals surface area contributed by atoms with Gasteiger partial charge in [-0.2, -0.15) is 0 Å². The fraction of sp³-hybridized carbons (Fsp3) is 0.250. The van der Waals surface area contributed by atoms with Crippen LogP contribution in [0.3, 0.4) is 0 Å². The Morgan fingerprint density at radius 1 is 1.27 bits per heavy atom. The Hall–Kier alpha value is -3.56. The highest BCUT2D eigenvalue weighted by molar-refractivity contribution is 5.88. The Balaban J connectivity index is 1.65. The largest absolute Gasteiger partial charge is 0.358 e. The monoisotopic (exact) mass is 355 g/mol. The van der Waals surface area contributed by atoms with Gasteiger partial charge in [-0.1, -0.05) is 29.4 Å². The molecule has 1 N–H and O–H groups in total. The highest BCUT2D eigenvalue weighted by atomic mass is 16.6. The van der Waals surface area contributed by atoms with E-state index in [-0.39, 0.29) is 18.3 Å². The summed E-state index contributed by atoms with van der Waals surface area (Å²) in [5.41, 5.74) is 2.69. The van der Waals surface area contributed by atoms with Crippen molar-refractivity contribution in [3.63, 3.8) is 0 Å². The summed E-state index contributed by atoms with van der Waals surface area (Å²) >= 11 is 0. The number of amides is 1. The van der Waals surface area contributed by atoms with Gasteiger partial charge in [0.25, 0.3) is 5.91 Å². The van der Waals surface area contributed by atoms with Crippen LogP contribution >= 0.6 is 0 Å². The van der Waals surface area contributed by atoms with Crippen molar-refractivity contribution in [2.24, 2.45) is 0 Å². The SMILES string of the molecule is Cc1cc([N+](=O)[O-])n(CC(=O)Nc2ncn(Cc3ccccc3C)n2)n1. The number of nitrogens with zero attached hydrogens (tertiary/aromatic N) is 6. The van der Waals surface area contributed by atoms with E-state index in [1.165, 1.54) is 12.4 Å². The van der Waals surface area contributed by atoms with Crippen molar-refractivity contribution >= 4 is 17.7 Å². The minimum absolute atomic E-state index is 0.134. The summed E-state index contributed by atoms with van der Waals surface area (Å²) in [6.07, 6.45) is 1.52. The second kappa shape index (κ2) is 7.13. The molecule has 1 aromatic carbocycles.